The Morgan fingerprint density at radius 1 is 1.29 bits per heavy atom. The summed E-state index contributed by atoms with van der Waals surface area (Å²) < 4.78 is 0. The molecule has 0 heterocycles. The fraction of sp³-hybridized carbons (Fsp3) is 0.429. The van der Waals surface area contributed by atoms with Gasteiger partial charge in [0.25, 0.3) is 0 Å². The van der Waals surface area contributed by atoms with Crippen LogP contribution in [0.1, 0.15) is 13.8 Å². The van der Waals surface area contributed by atoms with Gasteiger partial charge in [0.05, 0.1) is 22.6 Å². The summed E-state index contributed by atoms with van der Waals surface area (Å²) in [5.41, 5.74) is 0.563. The van der Waals surface area contributed by atoms with E-state index in [1.165, 1.54) is 0 Å². The van der Waals surface area contributed by atoms with E-state index in [9.17, 15) is 9.59 Å². The zero-order valence-electron chi connectivity index (χ0n) is 12.2. The minimum absolute atomic E-state index is 0.0958. The van der Waals surface area contributed by atoms with Crippen LogP contribution < -0.4 is 10.6 Å². The van der Waals surface area contributed by atoms with Crippen molar-refractivity contribution in [1.82, 2.24) is 10.2 Å². The SMILES string of the molecule is CCNC(=O)[C@@H](C)N(C)CC(=O)Nc1ccc(Cl)c(Cl)c1. The van der Waals surface area contributed by atoms with Gasteiger partial charge in [-0.15, -0.1) is 0 Å². The van der Waals surface area contributed by atoms with Crippen LogP contribution >= 0.6 is 23.2 Å². The zero-order valence-corrected chi connectivity index (χ0v) is 13.8. The van der Waals surface area contributed by atoms with E-state index in [1.54, 1.807) is 37.1 Å². The maximum absolute atomic E-state index is 11.9. The maximum atomic E-state index is 11.9. The van der Waals surface area contributed by atoms with E-state index >= 15 is 0 Å². The number of rotatable bonds is 6. The molecule has 5 nitrogen and oxygen atoms in total. The number of likely N-dealkylation sites (N-methyl/N-ethyl adjacent to an activating group) is 2. The van der Waals surface area contributed by atoms with Gasteiger partial charge >= 0.3 is 0 Å². The molecule has 0 bridgehead atoms. The molecule has 0 saturated heterocycles. The summed E-state index contributed by atoms with van der Waals surface area (Å²) in [6, 6.07) is 4.47. The molecule has 7 heteroatoms. The van der Waals surface area contributed by atoms with E-state index in [0.717, 1.165) is 0 Å². The van der Waals surface area contributed by atoms with Crippen LogP contribution in [-0.4, -0.2) is 42.9 Å². The first-order valence-corrected chi connectivity index (χ1v) is 7.33. The first-order valence-electron chi connectivity index (χ1n) is 6.58. The van der Waals surface area contributed by atoms with Crippen molar-refractivity contribution in [2.24, 2.45) is 0 Å². The van der Waals surface area contributed by atoms with Gasteiger partial charge in [-0.1, -0.05) is 23.2 Å². The van der Waals surface area contributed by atoms with Gasteiger partial charge in [-0.2, -0.15) is 0 Å². The molecule has 0 unspecified atom stereocenters. The minimum atomic E-state index is -0.385. The van der Waals surface area contributed by atoms with Crippen molar-refractivity contribution in [1.29, 1.82) is 0 Å². The van der Waals surface area contributed by atoms with Crippen LogP contribution in [0.2, 0.25) is 10.0 Å². The van der Waals surface area contributed by atoms with Crippen molar-refractivity contribution in [3.8, 4) is 0 Å². The predicted octanol–water partition coefficient (Wildman–Crippen LogP) is 2.39. The van der Waals surface area contributed by atoms with E-state index in [4.69, 9.17) is 23.2 Å². The minimum Gasteiger partial charge on any atom is -0.355 e. The zero-order chi connectivity index (χ0) is 16.0. The van der Waals surface area contributed by atoms with Crippen molar-refractivity contribution in [3.05, 3.63) is 28.2 Å². The standard InChI is InChI=1S/C14H19Cl2N3O2/c1-4-17-14(21)9(2)19(3)8-13(20)18-10-5-6-11(15)12(16)7-10/h5-7,9H,4,8H2,1-3H3,(H,17,21)(H,18,20)/t9-/m1/s1. The van der Waals surface area contributed by atoms with E-state index in [1.807, 2.05) is 6.92 Å². The van der Waals surface area contributed by atoms with E-state index in [-0.39, 0.29) is 24.4 Å². The highest BCUT2D eigenvalue weighted by atomic mass is 35.5. The third-order valence-electron chi connectivity index (χ3n) is 2.99. The Kier molecular flexibility index (Phi) is 6.95. The van der Waals surface area contributed by atoms with Crippen LogP contribution in [0.3, 0.4) is 0 Å². The summed E-state index contributed by atoms with van der Waals surface area (Å²) in [7, 11) is 1.72. The molecule has 1 atom stereocenters. The first-order chi connectivity index (χ1) is 9.85. The van der Waals surface area contributed by atoms with Crippen LogP contribution in [0.4, 0.5) is 5.69 Å². The second-order valence-electron chi connectivity index (χ2n) is 4.66. The smallest absolute Gasteiger partial charge is 0.238 e. The van der Waals surface area contributed by atoms with Crippen LogP contribution in [0.5, 0.6) is 0 Å². The number of benzene rings is 1. The number of carbonyl (C=O) groups excluding carboxylic acids is 2. The fourth-order valence-electron chi connectivity index (χ4n) is 1.66. The van der Waals surface area contributed by atoms with Gasteiger partial charge in [0.2, 0.25) is 11.8 Å². The molecule has 0 spiro atoms. The molecule has 2 amide bonds. The number of nitrogens with zero attached hydrogens (tertiary/aromatic N) is 1. The maximum Gasteiger partial charge on any atom is 0.238 e. The summed E-state index contributed by atoms with van der Waals surface area (Å²) in [4.78, 5) is 25.3. The summed E-state index contributed by atoms with van der Waals surface area (Å²) in [5, 5.41) is 6.23. The van der Waals surface area contributed by atoms with Gasteiger partial charge in [-0.25, -0.2) is 0 Å². The Bertz CT molecular complexity index is 523. The number of anilines is 1. The molecule has 0 aliphatic heterocycles. The summed E-state index contributed by atoms with van der Waals surface area (Å²) >= 11 is 11.7. The molecule has 0 aliphatic rings. The lowest BCUT2D eigenvalue weighted by molar-refractivity contribution is -0.126. The molecular weight excluding hydrogens is 313 g/mol. The van der Waals surface area contributed by atoms with E-state index < -0.39 is 0 Å². The van der Waals surface area contributed by atoms with Crippen LogP contribution in [0.25, 0.3) is 0 Å². The van der Waals surface area contributed by atoms with E-state index in [0.29, 0.717) is 22.3 Å². The average molecular weight is 332 g/mol. The lowest BCUT2D eigenvalue weighted by atomic mass is 10.2. The molecule has 0 aliphatic carbocycles. The molecular formula is C14H19Cl2N3O2. The molecule has 0 aromatic heterocycles. The van der Waals surface area contributed by atoms with Crippen molar-refractivity contribution < 1.29 is 9.59 Å². The molecule has 116 valence electrons. The van der Waals surface area contributed by atoms with Crippen molar-refractivity contribution in [2.75, 3.05) is 25.5 Å². The molecule has 21 heavy (non-hydrogen) atoms. The van der Waals surface area contributed by atoms with Crippen molar-refractivity contribution >= 4 is 40.7 Å². The highest BCUT2D eigenvalue weighted by molar-refractivity contribution is 6.42. The molecule has 2 N–H and O–H groups in total. The number of nitrogens with one attached hydrogen (secondary N) is 2. The highest BCUT2D eigenvalue weighted by Gasteiger charge is 2.19. The Labute approximate surface area is 134 Å². The Balaban J connectivity index is 2.56. The van der Waals surface area contributed by atoms with Crippen LogP contribution in [-0.2, 0) is 9.59 Å². The van der Waals surface area contributed by atoms with Gasteiger partial charge in [0, 0.05) is 12.2 Å². The average Bonchev–Trinajstić information content (AvgIpc) is 2.42. The third kappa shape index (κ3) is 5.53. The lowest BCUT2D eigenvalue weighted by Crippen LogP contribution is -2.45. The van der Waals surface area contributed by atoms with Crippen LogP contribution in [0.15, 0.2) is 18.2 Å². The third-order valence-corrected chi connectivity index (χ3v) is 3.73. The monoisotopic (exact) mass is 331 g/mol. The molecule has 1 rings (SSSR count). The van der Waals surface area contributed by atoms with Gasteiger partial charge < -0.3 is 10.6 Å². The largest absolute Gasteiger partial charge is 0.355 e. The fourth-order valence-corrected chi connectivity index (χ4v) is 1.96. The van der Waals surface area contributed by atoms with E-state index in [2.05, 4.69) is 10.6 Å². The Morgan fingerprint density at radius 3 is 2.52 bits per heavy atom. The molecule has 1 aromatic carbocycles. The quantitative estimate of drug-likeness (QED) is 0.841. The highest BCUT2D eigenvalue weighted by Crippen LogP contribution is 2.24. The molecule has 1 aromatic rings. The molecule has 0 fully saturated rings. The summed E-state index contributed by atoms with van der Waals surface area (Å²) in [6.07, 6.45) is 0. The normalized spacial score (nSPS) is 12.1. The number of hydrogen-bond donors (Lipinski definition) is 2. The number of amides is 2. The topological polar surface area (TPSA) is 61.4 Å². The number of halogens is 2. The number of carbonyl (C=O) groups is 2. The second kappa shape index (κ2) is 8.22. The first kappa shape index (κ1) is 17.8. The Morgan fingerprint density at radius 2 is 1.95 bits per heavy atom. The Hall–Kier alpha value is -1.30. The van der Waals surface area contributed by atoms with Gasteiger partial charge in [-0.05, 0) is 39.1 Å². The molecule has 0 saturated carbocycles. The second-order valence-corrected chi connectivity index (χ2v) is 5.48. The van der Waals surface area contributed by atoms with Gasteiger partial charge in [0.15, 0.2) is 0 Å². The summed E-state index contributed by atoms with van der Waals surface area (Å²) in [5.74, 6) is -0.339. The van der Waals surface area contributed by atoms with Gasteiger partial charge in [-0.3, -0.25) is 14.5 Å². The molecule has 0 radical (unpaired) electrons. The van der Waals surface area contributed by atoms with Crippen molar-refractivity contribution in [2.45, 2.75) is 19.9 Å². The van der Waals surface area contributed by atoms with Crippen LogP contribution in [0, 0.1) is 0 Å². The number of hydrogen-bond acceptors (Lipinski definition) is 3. The predicted molar refractivity (Wildman–Crippen MR) is 85.9 cm³/mol. The van der Waals surface area contributed by atoms with Crippen molar-refractivity contribution in [3.63, 3.8) is 0 Å². The van der Waals surface area contributed by atoms with Gasteiger partial charge in [0.1, 0.15) is 0 Å². The lowest BCUT2D eigenvalue weighted by Gasteiger charge is -2.23. The summed E-state index contributed by atoms with van der Waals surface area (Å²) in [6.45, 7) is 4.25.